The van der Waals surface area contributed by atoms with Crippen LogP contribution in [-0.2, 0) is 14.2 Å². The van der Waals surface area contributed by atoms with E-state index in [1.54, 1.807) is 4.52 Å². The third-order valence-corrected chi connectivity index (χ3v) is 6.41. The van der Waals surface area contributed by atoms with Crippen LogP contribution < -0.4 is 5.73 Å². The van der Waals surface area contributed by atoms with E-state index in [1.165, 1.54) is 11.9 Å². The first-order chi connectivity index (χ1) is 15.4. The topological polar surface area (TPSA) is 125 Å². The number of ether oxygens (including phenoxy) is 3. The van der Waals surface area contributed by atoms with Crippen LogP contribution in [0.15, 0.2) is 30.1 Å². The highest BCUT2D eigenvalue weighted by Gasteiger charge is 2.39. The molecule has 9 heteroatoms. The fourth-order valence-electron chi connectivity index (χ4n) is 4.31. The molecule has 4 rings (SSSR count). The second-order valence-electron chi connectivity index (χ2n) is 8.66. The molecule has 9 nitrogen and oxygen atoms in total. The molecule has 2 aliphatic rings. The van der Waals surface area contributed by atoms with Gasteiger partial charge in [-0.2, -0.15) is 5.10 Å². The highest BCUT2D eigenvalue weighted by Crippen LogP contribution is 2.38. The number of allylic oxidation sites excluding steroid dienone is 1. The van der Waals surface area contributed by atoms with E-state index in [4.69, 9.17) is 25.2 Å². The molecule has 1 fully saturated rings. The van der Waals surface area contributed by atoms with Crippen LogP contribution in [0.5, 0.6) is 0 Å². The molecule has 32 heavy (non-hydrogen) atoms. The molecule has 0 bridgehead atoms. The number of hydrogen-bond donors (Lipinski definition) is 1. The highest BCUT2D eigenvalue weighted by molar-refractivity contribution is 5.65. The molecule has 2 N–H and O–H groups in total. The number of aromatic nitrogens is 3. The van der Waals surface area contributed by atoms with Crippen molar-refractivity contribution < 1.29 is 19.0 Å². The van der Waals surface area contributed by atoms with Crippen LogP contribution in [0, 0.1) is 17.8 Å². The van der Waals surface area contributed by atoms with Gasteiger partial charge in [0.05, 0.1) is 11.8 Å². The van der Waals surface area contributed by atoms with Crippen molar-refractivity contribution in [2.24, 2.45) is 5.92 Å². The standard InChI is InChI=1S/C22H30N4O4.CHN/c1-14(2)22(10-8-15(3)9-11-22)30-21(27)28-12-16-4-7-19(29-16)17-5-6-18-20(23)24-13-25-26(17)18;1-2/h5-6,8,13-14,16,19H,4,7,9-12H2,1-3H3,(H2,23,24,25);1H. The minimum atomic E-state index is -0.614. The van der Waals surface area contributed by atoms with Crippen molar-refractivity contribution in [3.8, 4) is 6.57 Å². The molecular weight excluding hydrogens is 410 g/mol. The summed E-state index contributed by atoms with van der Waals surface area (Å²) in [6.07, 6.45) is 6.81. The van der Waals surface area contributed by atoms with E-state index >= 15 is 0 Å². The lowest BCUT2D eigenvalue weighted by Gasteiger charge is -2.38. The lowest BCUT2D eigenvalue weighted by atomic mass is 9.78. The Balaban J connectivity index is 0.00000141. The fourth-order valence-corrected chi connectivity index (χ4v) is 4.31. The van der Waals surface area contributed by atoms with Gasteiger partial charge >= 0.3 is 6.16 Å². The average Bonchev–Trinajstić information content (AvgIpc) is 3.43. The van der Waals surface area contributed by atoms with Gasteiger partial charge in [0, 0.05) is 13.0 Å². The Morgan fingerprint density at radius 2 is 2.19 bits per heavy atom. The van der Waals surface area contributed by atoms with Gasteiger partial charge in [-0.25, -0.2) is 19.6 Å². The zero-order valence-corrected chi connectivity index (χ0v) is 18.9. The van der Waals surface area contributed by atoms with Crippen molar-refractivity contribution in [3.63, 3.8) is 0 Å². The maximum absolute atomic E-state index is 12.4. The predicted molar refractivity (Wildman–Crippen MR) is 119 cm³/mol. The summed E-state index contributed by atoms with van der Waals surface area (Å²) in [5.41, 5.74) is 8.45. The van der Waals surface area contributed by atoms with Crippen molar-refractivity contribution in [2.75, 3.05) is 12.3 Å². The lowest BCUT2D eigenvalue weighted by Crippen LogP contribution is -2.42. The summed E-state index contributed by atoms with van der Waals surface area (Å²) in [7, 11) is 0. The van der Waals surface area contributed by atoms with E-state index in [0.29, 0.717) is 5.82 Å². The number of carbonyl (C=O) groups excluding carboxylic acids is 1. The first-order valence-corrected chi connectivity index (χ1v) is 10.9. The van der Waals surface area contributed by atoms with Gasteiger partial charge in [0.1, 0.15) is 30.2 Å². The normalized spacial score (nSPS) is 25.1. The summed E-state index contributed by atoms with van der Waals surface area (Å²) in [6.45, 7) is 9.97. The first-order valence-electron chi connectivity index (χ1n) is 10.9. The Kier molecular flexibility index (Phi) is 7.36. The molecule has 0 amide bonds. The monoisotopic (exact) mass is 441 g/mol. The maximum Gasteiger partial charge on any atom is 0.508 e. The van der Waals surface area contributed by atoms with Gasteiger partial charge < -0.3 is 19.9 Å². The number of nitrogens with zero attached hydrogens (tertiary/aromatic N) is 4. The zero-order valence-electron chi connectivity index (χ0n) is 18.9. The van der Waals surface area contributed by atoms with Crippen LogP contribution in [0.3, 0.4) is 0 Å². The van der Waals surface area contributed by atoms with E-state index in [0.717, 1.165) is 43.3 Å². The zero-order chi connectivity index (χ0) is 23.3. The molecule has 2 aromatic rings. The van der Waals surface area contributed by atoms with E-state index in [9.17, 15) is 4.79 Å². The Morgan fingerprint density at radius 1 is 1.41 bits per heavy atom. The van der Waals surface area contributed by atoms with Gasteiger partial charge in [0.25, 0.3) is 0 Å². The molecule has 0 aromatic carbocycles. The quantitative estimate of drug-likeness (QED) is 0.536. The van der Waals surface area contributed by atoms with Crippen molar-refractivity contribution in [2.45, 2.75) is 70.7 Å². The molecule has 1 aliphatic carbocycles. The van der Waals surface area contributed by atoms with Crippen LogP contribution in [0.4, 0.5) is 10.6 Å². The number of nitrogen functional groups attached to an aromatic ring is 1. The van der Waals surface area contributed by atoms with E-state index in [-0.39, 0.29) is 24.7 Å². The van der Waals surface area contributed by atoms with E-state index in [1.807, 2.05) is 12.1 Å². The highest BCUT2D eigenvalue weighted by atomic mass is 16.7. The average molecular weight is 442 g/mol. The van der Waals surface area contributed by atoms with Gasteiger partial charge in [0.2, 0.25) is 0 Å². The number of nitrogens with two attached hydrogens (primary N) is 1. The van der Waals surface area contributed by atoms with Gasteiger partial charge in [-0.05, 0) is 50.7 Å². The number of carbonyl (C=O) groups is 1. The molecule has 0 spiro atoms. The Morgan fingerprint density at radius 3 is 2.88 bits per heavy atom. The molecule has 2 aromatic heterocycles. The summed E-state index contributed by atoms with van der Waals surface area (Å²) in [5.74, 6) is 0.655. The van der Waals surface area contributed by atoms with Gasteiger partial charge in [-0.15, -0.1) is 0 Å². The van der Waals surface area contributed by atoms with E-state index < -0.39 is 11.8 Å². The molecule has 0 radical (unpaired) electrons. The molecule has 172 valence electrons. The van der Waals surface area contributed by atoms with Gasteiger partial charge in [-0.1, -0.05) is 25.5 Å². The second kappa shape index (κ2) is 10.0. The summed E-state index contributed by atoms with van der Waals surface area (Å²) >= 11 is 0. The first kappa shape index (κ1) is 23.5. The van der Waals surface area contributed by atoms with Crippen LogP contribution in [0.1, 0.15) is 64.7 Å². The molecule has 1 aliphatic heterocycles. The van der Waals surface area contributed by atoms with Crippen LogP contribution in [-0.4, -0.2) is 39.1 Å². The summed E-state index contributed by atoms with van der Waals surface area (Å²) < 4.78 is 19.1. The number of nitriles is 1. The SMILES string of the molecule is C#N.CC1=CCC(OC(=O)OCC2CCC(c3ccc4c(N)ncnn34)O2)(C(C)C)CC1. The molecule has 3 heterocycles. The van der Waals surface area contributed by atoms with Crippen LogP contribution >= 0.6 is 0 Å². The van der Waals surface area contributed by atoms with Gasteiger partial charge in [0.15, 0.2) is 5.82 Å². The molecule has 3 atom stereocenters. The van der Waals surface area contributed by atoms with Gasteiger partial charge in [-0.3, -0.25) is 0 Å². The maximum atomic E-state index is 12.4. The van der Waals surface area contributed by atoms with Crippen molar-refractivity contribution in [1.82, 2.24) is 14.6 Å². The second-order valence-corrected chi connectivity index (χ2v) is 8.66. The summed E-state index contributed by atoms with van der Waals surface area (Å²) in [4.78, 5) is 16.4. The van der Waals surface area contributed by atoms with Crippen molar-refractivity contribution in [3.05, 3.63) is 35.8 Å². The number of hydrogen-bond acceptors (Lipinski definition) is 8. The largest absolute Gasteiger partial charge is 0.508 e. The number of anilines is 1. The number of rotatable bonds is 5. The molecular formula is C23H31N5O4. The molecule has 1 saturated heterocycles. The molecule has 3 unspecified atom stereocenters. The third kappa shape index (κ3) is 4.86. The van der Waals surface area contributed by atoms with Crippen molar-refractivity contribution in [1.29, 1.82) is 5.26 Å². The molecule has 0 saturated carbocycles. The Hall–Kier alpha value is -3.12. The predicted octanol–water partition coefficient (Wildman–Crippen LogP) is 4.35. The Bertz CT molecular complexity index is 999. The summed E-state index contributed by atoms with van der Waals surface area (Å²) in [5, 5.41) is 10.8. The fraction of sp³-hybridized carbons (Fsp3) is 0.565. The van der Waals surface area contributed by atoms with Crippen molar-refractivity contribution >= 4 is 17.5 Å². The van der Waals surface area contributed by atoms with Crippen LogP contribution in [0.2, 0.25) is 0 Å². The summed E-state index contributed by atoms with van der Waals surface area (Å²) in [6, 6.07) is 3.84. The Labute approximate surface area is 188 Å². The smallest absolute Gasteiger partial charge is 0.432 e. The minimum absolute atomic E-state index is 0.125. The van der Waals surface area contributed by atoms with E-state index in [2.05, 4.69) is 43.5 Å². The minimum Gasteiger partial charge on any atom is -0.432 e. The van der Waals surface area contributed by atoms with Crippen LogP contribution in [0.25, 0.3) is 5.52 Å². The lowest BCUT2D eigenvalue weighted by molar-refractivity contribution is -0.0795. The third-order valence-electron chi connectivity index (χ3n) is 6.41. The number of fused-ring (bicyclic) bond motifs is 1.